The summed E-state index contributed by atoms with van der Waals surface area (Å²) in [7, 11) is 0. The van der Waals surface area contributed by atoms with Crippen LogP contribution in [0.3, 0.4) is 0 Å². The summed E-state index contributed by atoms with van der Waals surface area (Å²) in [5.41, 5.74) is 0.564. The maximum atomic E-state index is 12.3. The molecule has 1 aromatic rings. The second kappa shape index (κ2) is 6.75. The van der Waals surface area contributed by atoms with Gasteiger partial charge in [0.15, 0.2) is 0 Å². The van der Waals surface area contributed by atoms with Gasteiger partial charge in [-0.15, -0.1) is 24.8 Å². The largest absolute Gasteiger partial charge is 0.338 e. The minimum Gasteiger partial charge on any atom is -0.338 e. The van der Waals surface area contributed by atoms with E-state index in [1.165, 1.54) is 6.20 Å². The fraction of sp³-hybridized carbons (Fsp3) is 0.500. The minimum atomic E-state index is 0. The average Bonchev–Trinajstić information content (AvgIpc) is 2.88. The zero-order valence-electron chi connectivity index (χ0n) is 10.2. The van der Waals surface area contributed by atoms with Crippen LogP contribution in [0.25, 0.3) is 0 Å². The van der Waals surface area contributed by atoms with Crippen LogP contribution in [0.4, 0.5) is 0 Å². The number of likely N-dealkylation sites (tertiary alicyclic amines) is 1. The molecule has 1 aromatic heterocycles. The number of carbonyl (C=O) groups is 1. The lowest BCUT2D eigenvalue weighted by Gasteiger charge is -2.17. The summed E-state index contributed by atoms with van der Waals surface area (Å²) in [5.74, 6) is 1.26. The maximum Gasteiger partial charge on any atom is 0.255 e. The molecule has 0 spiro atoms. The molecule has 2 atom stereocenters. The first-order valence-corrected chi connectivity index (χ1v) is 6.23. The molecule has 7 heteroatoms. The number of amides is 1. The van der Waals surface area contributed by atoms with Gasteiger partial charge in [0, 0.05) is 38.6 Å². The summed E-state index contributed by atoms with van der Waals surface area (Å²) < 4.78 is 0. The van der Waals surface area contributed by atoms with Crippen LogP contribution in [0.1, 0.15) is 10.4 Å². The van der Waals surface area contributed by atoms with Crippen molar-refractivity contribution in [2.24, 2.45) is 11.8 Å². The molecule has 0 bridgehead atoms. The Morgan fingerprint density at radius 2 is 1.95 bits per heavy atom. The Balaban J connectivity index is 0.000000902. The van der Waals surface area contributed by atoms with Gasteiger partial charge in [-0.2, -0.15) is 0 Å². The van der Waals surface area contributed by atoms with Crippen LogP contribution in [-0.4, -0.2) is 42.0 Å². The topological polar surface area (TPSA) is 45.2 Å². The van der Waals surface area contributed by atoms with E-state index in [1.54, 1.807) is 12.3 Å². The molecule has 2 aliphatic heterocycles. The molecular formula is C12H16Cl3N3O. The van der Waals surface area contributed by atoms with Gasteiger partial charge in [0.1, 0.15) is 0 Å². The second-order valence-electron chi connectivity index (χ2n) is 4.74. The van der Waals surface area contributed by atoms with Crippen molar-refractivity contribution in [1.82, 2.24) is 15.2 Å². The normalized spacial score (nSPS) is 24.4. The van der Waals surface area contributed by atoms with Crippen molar-refractivity contribution in [1.29, 1.82) is 0 Å². The Morgan fingerprint density at radius 3 is 2.53 bits per heavy atom. The third kappa shape index (κ3) is 3.14. The molecule has 19 heavy (non-hydrogen) atoms. The summed E-state index contributed by atoms with van der Waals surface area (Å²) in [5, 5.41) is 3.80. The number of carbonyl (C=O) groups excluding carboxylic acids is 1. The van der Waals surface area contributed by atoms with Crippen molar-refractivity contribution in [2.75, 3.05) is 26.2 Å². The van der Waals surface area contributed by atoms with Crippen LogP contribution in [0, 0.1) is 11.8 Å². The maximum absolute atomic E-state index is 12.3. The monoisotopic (exact) mass is 323 g/mol. The van der Waals surface area contributed by atoms with Crippen LogP contribution < -0.4 is 5.32 Å². The molecule has 3 rings (SSSR count). The lowest BCUT2D eigenvalue weighted by molar-refractivity contribution is 0.0782. The van der Waals surface area contributed by atoms with Gasteiger partial charge in [0.05, 0.1) is 10.6 Å². The molecule has 2 aliphatic rings. The van der Waals surface area contributed by atoms with Crippen molar-refractivity contribution in [3.8, 4) is 0 Å². The highest BCUT2D eigenvalue weighted by atomic mass is 35.5. The van der Waals surface area contributed by atoms with Crippen molar-refractivity contribution in [3.05, 3.63) is 29.0 Å². The molecule has 106 valence electrons. The van der Waals surface area contributed by atoms with Gasteiger partial charge >= 0.3 is 0 Å². The van der Waals surface area contributed by atoms with Gasteiger partial charge in [-0.25, -0.2) is 0 Å². The van der Waals surface area contributed by atoms with Gasteiger partial charge in [0.2, 0.25) is 0 Å². The van der Waals surface area contributed by atoms with Gasteiger partial charge in [0.25, 0.3) is 5.91 Å². The average molecular weight is 325 g/mol. The summed E-state index contributed by atoms with van der Waals surface area (Å²) in [6.07, 6.45) is 3.13. The fourth-order valence-electron chi connectivity index (χ4n) is 2.74. The van der Waals surface area contributed by atoms with E-state index in [0.717, 1.165) is 26.2 Å². The van der Waals surface area contributed by atoms with Crippen molar-refractivity contribution >= 4 is 42.3 Å². The Bertz CT molecular complexity index is 446. The molecule has 0 saturated carbocycles. The first-order valence-electron chi connectivity index (χ1n) is 5.85. The molecule has 0 unspecified atom stereocenters. The molecule has 3 heterocycles. The van der Waals surface area contributed by atoms with Gasteiger partial charge in [-0.05, 0) is 17.9 Å². The number of halogens is 3. The van der Waals surface area contributed by atoms with Crippen LogP contribution in [0.5, 0.6) is 0 Å². The Morgan fingerprint density at radius 1 is 1.32 bits per heavy atom. The highest BCUT2D eigenvalue weighted by Gasteiger charge is 2.38. The predicted molar refractivity (Wildman–Crippen MR) is 79.5 cm³/mol. The highest BCUT2D eigenvalue weighted by Crippen LogP contribution is 2.28. The third-order valence-electron chi connectivity index (χ3n) is 3.68. The summed E-state index contributed by atoms with van der Waals surface area (Å²) in [6.45, 7) is 3.74. The fourth-order valence-corrected chi connectivity index (χ4v) is 2.94. The molecule has 0 aliphatic carbocycles. The van der Waals surface area contributed by atoms with Crippen LogP contribution in [0.2, 0.25) is 5.02 Å². The van der Waals surface area contributed by atoms with E-state index >= 15 is 0 Å². The zero-order valence-corrected chi connectivity index (χ0v) is 12.6. The van der Waals surface area contributed by atoms with E-state index in [9.17, 15) is 4.79 Å². The zero-order chi connectivity index (χ0) is 11.8. The standard InChI is InChI=1S/C12H14ClN3O.2ClH/c13-11-5-14-2-1-10(11)12(17)16-6-8-3-15-4-9(8)7-16;;/h1-2,5,8-9,15H,3-4,6-7H2;2*1H/t8-,9+;;. The minimum absolute atomic E-state index is 0. The first kappa shape index (κ1) is 16.5. The smallest absolute Gasteiger partial charge is 0.255 e. The number of aromatic nitrogens is 1. The van der Waals surface area contributed by atoms with Crippen molar-refractivity contribution in [2.45, 2.75) is 0 Å². The Labute approximate surface area is 129 Å². The molecule has 1 amide bonds. The third-order valence-corrected chi connectivity index (χ3v) is 3.98. The first-order chi connectivity index (χ1) is 8.25. The number of nitrogens with one attached hydrogen (secondary N) is 1. The lowest BCUT2D eigenvalue weighted by atomic mass is 10.0. The molecule has 1 N–H and O–H groups in total. The number of pyridine rings is 1. The molecule has 2 fully saturated rings. The van der Waals surface area contributed by atoms with Crippen molar-refractivity contribution < 1.29 is 4.79 Å². The van der Waals surface area contributed by atoms with Crippen LogP contribution in [0.15, 0.2) is 18.5 Å². The van der Waals surface area contributed by atoms with E-state index in [4.69, 9.17) is 11.6 Å². The highest BCUT2D eigenvalue weighted by molar-refractivity contribution is 6.33. The number of rotatable bonds is 1. The Kier molecular flexibility index (Phi) is 5.86. The van der Waals surface area contributed by atoms with E-state index < -0.39 is 0 Å². The van der Waals surface area contributed by atoms with E-state index in [2.05, 4.69) is 10.3 Å². The predicted octanol–water partition coefficient (Wildman–Crippen LogP) is 1.87. The molecule has 0 radical (unpaired) electrons. The van der Waals surface area contributed by atoms with Crippen LogP contribution >= 0.6 is 36.4 Å². The summed E-state index contributed by atoms with van der Waals surface area (Å²) in [6, 6.07) is 1.69. The lowest BCUT2D eigenvalue weighted by Crippen LogP contribution is -2.32. The van der Waals surface area contributed by atoms with E-state index in [1.807, 2.05) is 4.90 Å². The quantitative estimate of drug-likeness (QED) is 0.858. The van der Waals surface area contributed by atoms with E-state index in [-0.39, 0.29) is 30.7 Å². The number of nitrogens with zero attached hydrogens (tertiary/aromatic N) is 2. The van der Waals surface area contributed by atoms with E-state index in [0.29, 0.717) is 22.4 Å². The van der Waals surface area contributed by atoms with Gasteiger partial charge < -0.3 is 10.2 Å². The van der Waals surface area contributed by atoms with Crippen molar-refractivity contribution in [3.63, 3.8) is 0 Å². The Hall–Kier alpha value is -0.550. The van der Waals surface area contributed by atoms with Crippen LogP contribution in [-0.2, 0) is 0 Å². The van der Waals surface area contributed by atoms with Gasteiger partial charge in [-0.1, -0.05) is 11.6 Å². The molecule has 0 aromatic carbocycles. The molecule has 4 nitrogen and oxygen atoms in total. The van der Waals surface area contributed by atoms with Gasteiger partial charge in [-0.3, -0.25) is 9.78 Å². The number of hydrogen-bond donors (Lipinski definition) is 1. The summed E-state index contributed by atoms with van der Waals surface area (Å²) in [4.78, 5) is 18.1. The summed E-state index contributed by atoms with van der Waals surface area (Å²) >= 11 is 6.00. The molecular weight excluding hydrogens is 309 g/mol. The SMILES string of the molecule is Cl.Cl.O=C(c1ccncc1Cl)N1C[C@H]2CNC[C@H]2C1. The number of fused-ring (bicyclic) bond motifs is 1. The molecule has 2 saturated heterocycles. The number of hydrogen-bond acceptors (Lipinski definition) is 3. The second-order valence-corrected chi connectivity index (χ2v) is 5.15.